The van der Waals surface area contributed by atoms with Gasteiger partial charge in [-0.3, -0.25) is 0 Å². The average Bonchev–Trinajstić information content (AvgIpc) is 2.78. The van der Waals surface area contributed by atoms with E-state index in [0.29, 0.717) is 0 Å². The SMILES string of the molecule is C=C/C=C\C(C)(/C=C\C=C)N(c1ccccc1)c1ccc[n+](-c2ccccc2)c1. The third kappa shape index (κ3) is 4.80. The van der Waals surface area contributed by atoms with Gasteiger partial charge < -0.3 is 4.90 Å². The molecule has 0 saturated heterocycles. The Bertz CT molecular complexity index is 983. The maximum Gasteiger partial charge on any atom is 0.210 e. The van der Waals surface area contributed by atoms with Crippen LogP contribution in [0.2, 0.25) is 0 Å². The lowest BCUT2D eigenvalue weighted by molar-refractivity contribution is -0.595. The van der Waals surface area contributed by atoms with Crippen LogP contribution in [0.25, 0.3) is 5.69 Å². The second-order valence-corrected chi connectivity index (χ2v) is 6.89. The van der Waals surface area contributed by atoms with E-state index in [1.165, 1.54) is 0 Å². The Kier molecular flexibility index (Phi) is 6.59. The summed E-state index contributed by atoms with van der Waals surface area (Å²) in [6, 6.07) is 25.0. The summed E-state index contributed by atoms with van der Waals surface area (Å²) >= 11 is 0. The molecule has 0 aliphatic rings. The molecule has 29 heavy (non-hydrogen) atoms. The topological polar surface area (TPSA) is 7.12 Å². The summed E-state index contributed by atoms with van der Waals surface area (Å²) in [7, 11) is 0. The highest BCUT2D eigenvalue weighted by atomic mass is 15.2. The van der Waals surface area contributed by atoms with E-state index in [4.69, 9.17) is 0 Å². The molecule has 0 N–H and O–H groups in total. The van der Waals surface area contributed by atoms with E-state index >= 15 is 0 Å². The lowest BCUT2D eigenvalue weighted by Crippen LogP contribution is -2.41. The Hall–Kier alpha value is -3.65. The van der Waals surface area contributed by atoms with Gasteiger partial charge in [0.2, 0.25) is 5.69 Å². The molecule has 1 aromatic heterocycles. The molecule has 3 rings (SSSR count). The highest BCUT2D eigenvalue weighted by Crippen LogP contribution is 2.34. The van der Waals surface area contributed by atoms with Crippen LogP contribution in [-0.4, -0.2) is 5.54 Å². The van der Waals surface area contributed by atoms with Crippen molar-refractivity contribution in [1.82, 2.24) is 0 Å². The van der Waals surface area contributed by atoms with Gasteiger partial charge in [0.15, 0.2) is 12.4 Å². The molecule has 0 fully saturated rings. The number of nitrogens with zero attached hydrogens (tertiary/aromatic N) is 2. The molecule has 2 heteroatoms. The van der Waals surface area contributed by atoms with Crippen LogP contribution in [0.4, 0.5) is 11.4 Å². The van der Waals surface area contributed by atoms with Crippen molar-refractivity contribution in [3.8, 4) is 5.69 Å². The molecule has 0 unspecified atom stereocenters. The molecule has 0 bridgehead atoms. The monoisotopic (exact) mass is 379 g/mol. The van der Waals surface area contributed by atoms with E-state index in [1.807, 2.05) is 36.4 Å². The number of hydrogen-bond acceptors (Lipinski definition) is 1. The fourth-order valence-electron chi connectivity index (χ4n) is 3.37. The summed E-state index contributed by atoms with van der Waals surface area (Å²) in [6.07, 6.45) is 16.1. The van der Waals surface area contributed by atoms with E-state index in [2.05, 4.69) is 103 Å². The minimum atomic E-state index is -0.417. The molecule has 144 valence electrons. The first-order valence-electron chi connectivity index (χ1n) is 9.70. The Morgan fingerprint density at radius 1 is 0.759 bits per heavy atom. The largest absolute Gasteiger partial charge is 0.324 e. The van der Waals surface area contributed by atoms with Gasteiger partial charge >= 0.3 is 0 Å². The molecule has 2 nitrogen and oxygen atoms in total. The van der Waals surface area contributed by atoms with Gasteiger partial charge in [-0.2, -0.15) is 4.57 Å². The number of rotatable bonds is 8. The second kappa shape index (κ2) is 9.52. The van der Waals surface area contributed by atoms with E-state index in [-0.39, 0.29) is 0 Å². The van der Waals surface area contributed by atoms with E-state index in [1.54, 1.807) is 12.2 Å². The minimum absolute atomic E-state index is 0.417. The number of aromatic nitrogens is 1. The van der Waals surface area contributed by atoms with Gasteiger partial charge in [0.1, 0.15) is 5.69 Å². The zero-order valence-corrected chi connectivity index (χ0v) is 16.9. The third-order valence-electron chi connectivity index (χ3n) is 4.73. The Morgan fingerprint density at radius 3 is 1.90 bits per heavy atom. The standard InChI is InChI=1S/C27H27N2/c1-4-6-20-27(3,21-7-5-2)29(25-17-12-9-13-18-25)26-19-14-22-28(23-26)24-15-10-8-11-16-24/h4-23H,1-2H2,3H3/q+1/b20-6-,21-7-. The van der Waals surface area contributed by atoms with Crippen LogP contribution < -0.4 is 9.47 Å². The van der Waals surface area contributed by atoms with Crippen molar-refractivity contribution in [2.45, 2.75) is 12.5 Å². The number of para-hydroxylation sites is 2. The normalized spacial score (nSPS) is 11.6. The van der Waals surface area contributed by atoms with Gasteiger partial charge in [0.25, 0.3) is 0 Å². The lowest BCUT2D eigenvalue weighted by atomic mass is 9.96. The summed E-state index contributed by atoms with van der Waals surface area (Å²) in [5.74, 6) is 0. The van der Waals surface area contributed by atoms with Crippen LogP contribution in [0.1, 0.15) is 6.92 Å². The zero-order chi connectivity index (χ0) is 20.5. The first kappa shape index (κ1) is 20.1. The fraction of sp³-hybridized carbons (Fsp3) is 0.0741. The molecule has 0 atom stereocenters. The van der Waals surface area contributed by atoms with Crippen molar-refractivity contribution in [3.05, 3.63) is 135 Å². The summed E-state index contributed by atoms with van der Waals surface area (Å²) in [4.78, 5) is 2.31. The van der Waals surface area contributed by atoms with Gasteiger partial charge in [-0.25, -0.2) is 0 Å². The summed E-state index contributed by atoms with van der Waals surface area (Å²) in [5, 5.41) is 0. The quantitative estimate of drug-likeness (QED) is 0.327. The lowest BCUT2D eigenvalue weighted by Gasteiger charge is -2.38. The third-order valence-corrected chi connectivity index (χ3v) is 4.73. The van der Waals surface area contributed by atoms with Gasteiger partial charge in [-0.15, -0.1) is 0 Å². The number of anilines is 2. The van der Waals surface area contributed by atoms with Crippen LogP contribution in [0.3, 0.4) is 0 Å². The van der Waals surface area contributed by atoms with Crippen molar-refractivity contribution in [2.24, 2.45) is 0 Å². The molecule has 0 aliphatic heterocycles. The molecule has 0 aliphatic carbocycles. The molecule has 3 aromatic rings. The van der Waals surface area contributed by atoms with Gasteiger partial charge in [0.05, 0.1) is 5.54 Å². The van der Waals surface area contributed by atoms with Crippen LogP contribution in [0.5, 0.6) is 0 Å². The Morgan fingerprint density at radius 2 is 1.31 bits per heavy atom. The molecular weight excluding hydrogens is 352 g/mol. The van der Waals surface area contributed by atoms with Crippen molar-refractivity contribution in [2.75, 3.05) is 4.90 Å². The van der Waals surface area contributed by atoms with E-state index in [0.717, 1.165) is 17.1 Å². The molecule has 2 aromatic carbocycles. The number of allylic oxidation sites excluding steroid dienone is 4. The highest BCUT2D eigenvalue weighted by molar-refractivity contribution is 5.67. The average molecular weight is 380 g/mol. The number of pyridine rings is 1. The van der Waals surface area contributed by atoms with E-state index in [9.17, 15) is 0 Å². The van der Waals surface area contributed by atoms with Crippen LogP contribution in [-0.2, 0) is 0 Å². The zero-order valence-electron chi connectivity index (χ0n) is 16.9. The molecule has 0 spiro atoms. The van der Waals surface area contributed by atoms with Gasteiger partial charge in [-0.05, 0) is 25.1 Å². The Labute approximate surface area is 174 Å². The van der Waals surface area contributed by atoms with Crippen LogP contribution >= 0.6 is 0 Å². The predicted molar refractivity (Wildman–Crippen MR) is 124 cm³/mol. The molecule has 1 heterocycles. The number of hydrogen-bond donors (Lipinski definition) is 0. The van der Waals surface area contributed by atoms with Crippen LogP contribution in [0.15, 0.2) is 135 Å². The minimum Gasteiger partial charge on any atom is -0.324 e. The van der Waals surface area contributed by atoms with E-state index < -0.39 is 5.54 Å². The second-order valence-electron chi connectivity index (χ2n) is 6.89. The van der Waals surface area contributed by atoms with Crippen molar-refractivity contribution < 1.29 is 4.57 Å². The summed E-state index contributed by atoms with van der Waals surface area (Å²) < 4.78 is 2.14. The van der Waals surface area contributed by atoms with Gasteiger partial charge in [0, 0.05) is 23.9 Å². The number of benzene rings is 2. The molecule has 0 amide bonds. The van der Waals surface area contributed by atoms with Crippen molar-refractivity contribution >= 4 is 11.4 Å². The van der Waals surface area contributed by atoms with Gasteiger partial charge in [-0.1, -0.05) is 86.0 Å². The highest BCUT2D eigenvalue weighted by Gasteiger charge is 2.29. The maximum absolute atomic E-state index is 3.85. The molecular formula is C27H27N2+. The summed E-state index contributed by atoms with van der Waals surface area (Å²) in [5.41, 5.74) is 2.88. The summed E-state index contributed by atoms with van der Waals surface area (Å²) in [6.45, 7) is 9.88. The maximum atomic E-state index is 3.85. The Balaban J connectivity index is 2.19. The molecule has 0 saturated carbocycles. The van der Waals surface area contributed by atoms with Crippen LogP contribution in [0, 0.1) is 0 Å². The first-order chi connectivity index (χ1) is 14.2. The fourth-order valence-corrected chi connectivity index (χ4v) is 3.37. The molecule has 0 radical (unpaired) electrons. The smallest absolute Gasteiger partial charge is 0.210 e. The van der Waals surface area contributed by atoms with Crippen molar-refractivity contribution in [1.29, 1.82) is 0 Å². The first-order valence-corrected chi connectivity index (χ1v) is 9.70. The predicted octanol–water partition coefficient (Wildman–Crippen LogP) is 6.34. The van der Waals surface area contributed by atoms with Crippen molar-refractivity contribution in [3.63, 3.8) is 0 Å².